The number of nitrogens with one attached hydrogen (secondary N) is 6. The van der Waals surface area contributed by atoms with Crippen molar-refractivity contribution in [3.05, 3.63) is 165 Å². The molecule has 2 amide bonds. The minimum absolute atomic E-state index is 0.103. The average Bonchev–Trinajstić information content (AvgIpc) is 3.89. The molecule has 0 saturated carbocycles. The zero-order valence-electron chi connectivity index (χ0n) is 34.6. The Morgan fingerprint density at radius 1 is 0.556 bits per heavy atom. The molecule has 0 fully saturated rings. The van der Waals surface area contributed by atoms with Crippen LogP contribution < -0.4 is 20.1 Å². The minimum atomic E-state index is -3.90. The number of hydrogen-bond acceptors (Lipinski definition) is 6. The highest BCUT2D eigenvalue weighted by molar-refractivity contribution is 9.10. The summed E-state index contributed by atoms with van der Waals surface area (Å²) in [7, 11) is -7.75. The molecule has 0 aliphatic rings. The van der Waals surface area contributed by atoms with Crippen molar-refractivity contribution in [3.8, 4) is 0 Å². The van der Waals surface area contributed by atoms with Crippen LogP contribution >= 0.6 is 31.9 Å². The van der Waals surface area contributed by atoms with E-state index in [1.54, 1.807) is 24.3 Å². The molecule has 0 unspecified atom stereocenters. The third kappa shape index (κ3) is 13.5. The fraction of sp³-hybridized carbons (Fsp3) is 0.234. The van der Waals surface area contributed by atoms with Gasteiger partial charge in [-0.3, -0.25) is 9.59 Å². The van der Waals surface area contributed by atoms with E-state index in [9.17, 15) is 26.4 Å². The first-order valence-corrected chi connectivity index (χ1v) is 25.1. The number of para-hydroxylation sites is 2. The van der Waals surface area contributed by atoms with Crippen molar-refractivity contribution in [2.75, 3.05) is 13.1 Å². The van der Waals surface area contributed by atoms with Crippen LogP contribution in [0.5, 0.6) is 0 Å². The Balaban J connectivity index is 0.000000211. The van der Waals surface area contributed by atoms with Gasteiger partial charge >= 0.3 is 0 Å². The standard InChI is InChI=1S/C25H24BrN3O3S.C22H26BrN3O3S/c26-20-10-12-21(13-11-20)33(31,32)29-24(16-19-17-28-23-9-5-4-8-22(19)23)25(30)27-15-14-18-6-2-1-3-7-18;1-2-3-6-13-24-22(27)21(14-16-15-25-20-8-5-4-7-19(16)20)26-30(28,29)18-11-9-17(23)10-12-18/h1-13,17,24,28-29H,14-16H2,(H,27,30);4-5,7-12,15,21,25-26H,2-3,6,13-14H2,1H3,(H,24,27)/t24-;21-/m00/s1. The molecule has 0 saturated heterocycles. The number of rotatable bonds is 19. The number of sulfonamides is 2. The minimum Gasteiger partial charge on any atom is -0.361 e. The van der Waals surface area contributed by atoms with Crippen LogP contribution in [0, 0.1) is 0 Å². The smallest absolute Gasteiger partial charge is 0.241 e. The van der Waals surface area contributed by atoms with Gasteiger partial charge in [-0.25, -0.2) is 16.8 Å². The maximum atomic E-state index is 13.1. The Morgan fingerprint density at radius 3 is 1.44 bits per heavy atom. The van der Waals surface area contributed by atoms with Gasteiger partial charge in [0, 0.05) is 56.2 Å². The topological polar surface area (TPSA) is 182 Å². The number of unbranched alkanes of at least 4 members (excludes halogenated alkanes) is 2. The molecule has 0 bridgehead atoms. The van der Waals surface area contributed by atoms with Gasteiger partial charge in [0.1, 0.15) is 12.1 Å². The van der Waals surface area contributed by atoms with Crippen LogP contribution in [0.25, 0.3) is 21.8 Å². The van der Waals surface area contributed by atoms with E-state index < -0.39 is 32.1 Å². The number of aromatic amines is 2. The lowest BCUT2D eigenvalue weighted by Gasteiger charge is -2.19. The maximum Gasteiger partial charge on any atom is 0.241 e. The quantitative estimate of drug-likeness (QED) is 0.0443. The number of halogens is 2. The number of amides is 2. The lowest BCUT2D eigenvalue weighted by Crippen LogP contribution is -2.48. The van der Waals surface area contributed by atoms with Gasteiger partial charge in [-0.2, -0.15) is 9.44 Å². The van der Waals surface area contributed by atoms with E-state index in [1.807, 2.05) is 91.3 Å². The van der Waals surface area contributed by atoms with Gasteiger partial charge in [-0.1, -0.05) is 118 Å². The molecule has 7 aromatic rings. The van der Waals surface area contributed by atoms with Gasteiger partial charge in [0.2, 0.25) is 31.9 Å². The molecule has 6 N–H and O–H groups in total. The molecule has 12 nitrogen and oxygen atoms in total. The average molecular weight is 1020 g/mol. The summed E-state index contributed by atoms with van der Waals surface area (Å²) >= 11 is 6.62. The van der Waals surface area contributed by atoms with Crippen molar-refractivity contribution in [1.29, 1.82) is 0 Å². The summed E-state index contributed by atoms with van der Waals surface area (Å²) in [5, 5.41) is 7.71. The largest absolute Gasteiger partial charge is 0.361 e. The Labute approximate surface area is 385 Å². The van der Waals surface area contributed by atoms with Crippen molar-refractivity contribution >= 4 is 85.5 Å². The summed E-state index contributed by atoms with van der Waals surface area (Å²) in [4.78, 5) is 32.6. The van der Waals surface area contributed by atoms with Crippen molar-refractivity contribution in [3.63, 3.8) is 0 Å². The van der Waals surface area contributed by atoms with Crippen LogP contribution in [-0.2, 0) is 48.9 Å². The van der Waals surface area contributed by atoms with Crippen LogP contribution in [-0.4, -0.2) is 63.8 Å². The molecule has 63 heavy (non-hydrogen) atoms. The molecule has 0 spiro atoms. The van der Waals surface area contributed by atoms with Crippen molar-refractivity contribution < 1.29 is 26.4 Å². The Bertz CT molecular complexity index is 2820. The Hall–Kier alpha value is -5.10. The SMILES string of the molecule is CCCCCNC(=O)[C@H](Cc1c[nH]c2ccccc12)NS(=O)(=O)c1ccc(Br)cc1.O=C(NCCc1ccccc1)[C@H](Cc1c[nH]c2ccccc12)NS(=O)(=O)c1ccc(Br)cc1. The fourth-order valence-corrected chi connectivity index (χ4v) is 9.88. The molecule has 16 heteroatoms. The predicted molar refractivity (Wildman–Crippen MR) is 256 cm³/mol. The van der Waals surface area contributed by atoms with E-state index in [1.165, 1.54) is 24.3 Å². The molecule has 2 atom stereocenters. The molecule has 0 radical (unpaired) electrons. The zero-order valence-corrected chi connectivity index (χ0v) is 39.4. The number of hydrogen-bond donors (Lipinski definition) is 6. The summed E-state index contributed by atoms with van der Waals surface area (Å²) in [6, 6.07) is 36.1. The molecule has 0 aliphatic carbocycles. The highest BCUT2D eigenvalue weighted by Gasteiger charge is 2.28. The number of carbonyl (C=O) groups is 2. The highest BCUT2D eigenvalue weighted by Crippen LogP contribution is 2.23. The van der Waals surface area contributed by atoms with Gasteiger partial charge in [-0.15, -0.1) is 0 Å². The maximum absolute atomic E-state index is 13.1. The van der Waals surface area contributed by atoms with Crippen LogP contribution in [0.1, 0.15) is 42.9 Å². The second-order valence-electron chi connectivity index (χ2n) is 14.9. The van der Waals surface area contributed by atoms with Crippen LogP contribution in [0.3, 0.4) is 0 Å². The molecule has 0 aliphatic heterocycles. The number of benzene rings is 5. The second kappa shape index (κ2) is 22.5. The van der Waals surface area contributed by atoms with E-state index >= 15 is 0 Å². The predicted octanol–water partition coefficient (Wildman–Crippen LogP) is 8.31. The number of fused-ring (bicyclic) bond motifs is 2. The second-order valence-corrected chi connectivity index (χ2v) is 20.2. The first-order chi connectivity index (χ1) is 30.3. The highest BCUT2D eigenvalue weighted by atomic mass is 79.9. The zero-order chi connectivity index (χ0) is 44.8. The van der Waals surface area contributed by atoms with Crippen molar-refractivity contribution in [2.45, 2.75) is 67.3 Å². The molecule has 330 valence electrons. The first-order valence-electron chi connectivity index (χ1n) is 20.6. The van der Waals surface area contributed by atoms with Crippen LogP contribution in [0.15, 0.2) is 159 Å². The van der Waals surface area contributed by atoms with Gasteiger partial charge in [0.25, 0.3) is 0 Å². The lowest BCUT2D eigenvalue weighted by atomic mass is 10.0. The van der Waals surface area contributed by atoms with Crippen molar-refractivity contribution in [1.82, 2.24) is 30.0 Å². The molecule has 7 rings (SSSR count). The van der Waals surface area contributed by atoms with Gasteiger partial charge in [0.15, 0.2) is 0 Å². The molecular formula is C47H50Br2N6O6S2. The van der Waals surface area contributed by atoms with E-state index in [0.717, 1.165) is 66.7 Å². The van der Waals surface area contributed by atoms with Gasteiger partial charge in [0.05, 0.1) is 9.79 Å². The summed E-state index contributed by atoms with van der Waals surface area (Å²) in [6.07, 6.45) is 7.70. The summed E-state index contributed by atoms with van der Waals surface area (Å²) in [6.45, 7) is 3.03. The van der Waals surface area contributed by atoms with E-state index in [2.05, 4.69) is 68.8 Å². The molecule has 2 heterocycles. The Morgan fingerprint density at radius 2 is 0.984 bits per heavy atom. The van der Waals surface area contributed by atoms with E-state index in [4.69, 9.17) is 0 Å². The fourth-order valence-electron chi connectivity index (χ4n) is 6.96. The number of aromatic nitrogens is 2. The summed E-state index contributed by atoms with van der Waals surface area (Å²) in [5.41, 5.74) is 4.74. The lowest BCUT2D eigenvalue weighted by molar-refractivity contribution is -0.123. The van der Waals surface area contributed by atoms with Crippen LogP contribution in [0.4, 0.5) is 0 Å². The molecule has 5 aromatic carbocycles. The van der Waals surface area contributed by atoms with Crippen LogP contribution in [0.2, 0.25) is 0 Å². The molecule has 2 aromatic heterocycles. The number of H-pyrrole nitrogens is 2. The monoisotopic (exact) mass is 1020 g/mol. The third-order valence-corrected chi connectivity index (χ3v) is 14.3. The molecular weight excluding hydrogens is 968 g/mol. The summed E-state index contributed by atoms with van der Waals surface area (Å²) in [5.74, 6) is -0.686. The summed E-state index contributed by atoms with van der Waals surface area (Å²) < 4.78 is 58.7. The van der Waals surface area contributed by atoms with E-state index in [0.29, 0.717) is 19.5 Å². The van der Waals surface area contributed by atoms with Crippen molar-refractivity contribution in [2.24, 2.45) is 0 Å². The number of carbonyl (C=O) groups excluding carboxylic acids is 2. The van der Waals surface area contributed by atoms with Gasteiger partial charge < -0.3 is 20.6 Å². The Kier molecular flexibility index (Phi) is 16.9. The van der Waals surface area contributed by atoms with E-state index in [-0.39, 0.29) is 34.4 Å². The normalized spacial score (nSPS) is 12.6. The first kappa shape index (κ1) is 47.4. The third-order valence-electron chi connectivity index (χ3n) is 10.3. The van der Waals surface area contributed by atoms with Gasteiger partial charge in [-0.05, 0) is 103 Å².